The highest BCUT2D eigenvalue weighted by Crippen LogP contribution is 2.33. The second-order valence-electron chi connectivity index (χ2n) is 5.73. The van der Waals surface area contributed by atoms with E-state index in [1.165, 1.54) is 12.1 Å². The summed E-state index contributed by atoms with van der Waals surface area (Å²) < 4.78 is 39.5. The van der Waals surface area contributed by atoms with Crippen LogP contribution in [0.1, 0.15) is 12.8 Å². The first-order chi connectivity index (χ1) is 10.7. The van der Waals surface area contributed by atoms with E-state index in [2.05, 4.69) is 17.4 Å². The third-order valence-corrected chi connectivity index (χ3v) is 6.20. The number of halogens is 1. The summed E-state index contributed by atoms with van der Waals surface area (Å²) in [6, 6.07) is 3.40. The Morgan fingerprint density at radius 1 is 1.39 bits per heavy atom. The van der Waals surface area contributed by atoms with Crippen molar-refractivity contribution in [2.75, 3.05) is 20.1 Å². The molecule has 128 valence electrons. The van der Waals surface area contributed by atoms with E-state index in [-0.39, 0.29) is 0 Å². The number of hydrogen-bond donors (Lipinski definition) is 3. The van der Waals surface area contributed by atoms with Crippen molar-refractivity contribution in [1.29, 1.82) is 0 Å². The zero-order valence-electron chi connectivity index (χ0n) is 12.6. The minimum Gasteiger partial charge on any atom is -0.480 e. The maximum absolute atomic E-state index is 13.7. The van der Waals surface area contributed by atoms with Gasteiger partial charge in [0.15, 0.2) is 0 Å². The van der Waals surface area contributed by atoms with Crippen molar-refractivity contribution < 1.29 is 22.7 Å². The second kappa shape index (κ2) is 6.76. The number of likely N-dealkylation sites (tertiary alicyclic amines) is 1. The molecule has 1 fully saturated rings. The van der Waals surface area contributed by atoms with Crippen LogP contribution in [0.3, 0.4) is 0 Å². The van der Waals surface area contributed by atoms with Gasteiger partial charge in [-0.2, -0.15) is 17.4 Å². The van der Waals surface area contributed by atoms with Crippen LogP contribution in [0, 0.1) is 5.82 Å². The van der Waals surface area contributed by atoms with Gasteiger partial charge in [0.05, 0.1) is 0 Å². The maximum atomic E-state index is 13.7. The van der Waals surface area contributed by atoms with E-state index >= 15 is 0 Å². The fraction of sp³-hybridized carbons (Fsp3) is 0.500. The fourth-order valence-electron chi connectivity index (χ4n) is 2.57. The Morgan fingerprint density at radius 2 is 1.96 bits per heavy atom. The molecular weight excluding hydrogens is 343 g/mol. The van der Waals surface area contributed by atoms with Crippen LogP contribution < -0.4 is 4.72 Å². The molecule has 0 aliphatic carbocycles. The van der Waals surface area contributed by atoms with Crippen LogP contribution in [0.15, 0.2) is 29.2 Å². The molecule has 2 N–H and O–H groups in total. The Morgan fingerprint density at radius 3 is 2.48 bits per heavy atom. The summed E-state index contributed by atoms with van der Waals surface area (Å²) in [5.41, 5.74) is 0. The average molecular weight is 362 g/mol. The predicted octanol–water partition coefficient (Wildman–Crippen LogP) is 0.951. The molecule has 0 saturated carbocycles. The number of piperidine rings is 1. The van der Waals surface area contributed by atoms with Crippen LogP contribution in [0.2, 0.25) is 0 Å². The number of carboxylic acid groups (broad SMARTS) is 1. The molecular formula is C14H19FN2O4S2. The minimum atomic E-state index is -4.30. The van der Waals surface area contributed by atoms with Gasteiger partial charge in [-0.25, -0.2) is 12.8 Å². The smallest absolute Gasteiger partial charge is 0.323 e. The quantitative estimate of drug-likeness (QED) is 0.679. The standard InChI is InChI=1S/C14H19FN2O4S2/c1-17-8-6-14(22,7-9-17)12(13(18)19)16-23(20,21)11-5-3-2-4-10(11)15/h2-5,12,16,22H,6-9H2,1H3,(H,18,19)/t12-/m0/s1. The lowest BCUT2D eigenvalue weighted by molar-refractivity contribution is -0.140. The first-order valence-corrected chi connectivity index (χ1v) is 8.99. The molecule has 1 aliphatic heterocycles. The van der Waals surface area contributed by atoms with Crippen LogP contribution in [0.4, 0.5) is 4.39 Å². The summed E-state index contributed by atoms with van der Waals surface area (Å²) in [4.78, 5) is 13.0. The molecule has 0 radical (unpaired) electrons. The number of hydrogen-bond acceptors (Lipinski definition) is 5. The lowest BCUT2D eigenvalue weighted by Crippen LogP contribution is -2.57. The van der Waals surface area contributed by atoms with Gasteiger partial charge in [-0.15, -0.1) is 0 Å². The number of nitrogens with zero attached hydrogens (tertiary/aromatic N) is 1. The molecule has 6 nitrogen and oxygen atoms in total. The molecule has 0 aromatic heterocycles. The molecule has 23 heavy (non-hydrogen) atoms. The van der Waals surface area contributed by atoms with Crippen LogP contribution in [0.25, 0.3) is 0 Å². The fourth-order valence-corrected chi connectivity index (χ4v) is 4.37. The summed E-state index contributed by atoms with van der Waals surface area (Å²) in [6.45, 7) is 1.21. The minimum absolute atomic E-state index is 0.406. The van der Waals surface area contributed by atoms with Gasteiger partial charge in [0.2, 0.25) is 10.0 Å². The molecule has 1 heterocycles. The van der Waals surface area contributed by atoms with Crippen molar-refractivity contribution in [3.63, 3.8) is 0 Å². The van der Waals surface area contributed by atoms with E-state index < -0.39 is 37.5 Å². The summed E-state index contributed by atoms with van der Waals surface area (Å²) >= 11 is 4.45. The van der Waals surface area contributed by atoms with Crippen LogP contribution in [-0.2, 0) is 14.8 Å². The van der Waals surface area contributed by atoms with E-state index in [9.17, 15) is 22.7 Å². The number of thiol groups is 1. The summed E-state index contributed by atoms with van der Waals surface area (Å²) in [5.74, 6) is -2.26. The molecule has 0 amide bonds. The van der Waals surface area contributed by atoms with E-state index in [0.29, 0.717) is 25.9 Å². The summed E-state index contributed by atoms with van der Waals surface area (Å²) in [5, 5.41) is 9.45. The average Bonchev–Trinajstić information content (AvgIpc) is 2.48. The van der Waals surface area contributed by atoms with Gasteiger partial charge in [-0.05, 0) is 45.1 Å². The van der Waals surface area contributed by atoms with Gasteiger partial charge < -0.3 is 10.0 Å². The third kappa shape index (κ3) is 4.03. The molecule has 0 spiro atoms. The first-order valence-electron chi connectivity index (χ1n) is 7.06. The first kappa shape index (κ1) is 18.2. The van der Waals surface area contributed by atoms with Gasteiger partial charge in [0.1, 0.15) is 16.8 Å². The second-order valence-corrected chi connectivity index (χ2v) is 8.30. The lowest BCUT2D eigenvalue weighted by atomic mass is 9.89. The Hall–Kier alpha value is -1.16. The molecule has 1 aromatic carbocycles. The number of rotatable bonds is 5. The number of carboxylic acids is 1. The topological polar surface area (TPSA) is 86.7 Å². The summed E-state index contributed by atoms with van der Waals surface area (Å²) in [7, 11) is -2.41. The molecule has 1 saturated heterocycles. The van der Waals surface area contributed by atoms with Crippen LogP contribution in [0.5, 0.6) is 0 Å². The van der Waals surface area contributed by atoms with Crippen molar-refractivity contribution in [1.82, 2.24) is 9.62 Å². The van der Waals surface area contributed by atoms with Crippen molar-refractivity contribution in [3.8, 4) is 0 Å². The zero-order chi connectivity index (χ0) is 17.3. The third-order valence-electron chi connectivity index (χ3n) is 4.04. The predicted molar refractivity (Wildman–Crippen MR) is 86.6 cm³/mol. The highest BCUT2D eigenvalue weighted by Gasteiger charge is 2.44. The van der Waals surface area contributed by atoms with Gasteiger partial charge in [0.25, 0.3) is 0 Å². The Bertz CT molecular complexity index is 688. The van der Waals surface area contributed by atoms with Gasteiger partial charge >= 0.3 is 5.97 Å². The van der Waals surface area contributed by atoms with Crippen LogP contribution in [-0.4, -0.2) is 55.3 Å². The monoisotopic (exact) mass is 362 g/mol. The lowest BCUT2D eigenvalue weighted by Gasteiger charge is -2.40. The van der Waals surface area contributed by atoms with Gasteiger partial charge in [-0.3, -0.25) is 4.79 Å². The molecule has 1 atom stereocenters. The van der Waals surface area contributed by atoms with Crippen molar-refractivity contribution in [2.45, 2.75) is 28.5 Å². The van der Waals surface area contributed by atoms with Crippen molar-refractivity contribution in [3.05, 3.63) is 30.1 Å². The Labute approximate surface area is 140 Å². The van der Waals surface area contributed by atoms with E-state index in [1.54, 1.807) is 0 Å². The molecule has 1 aromatic rings. The summed E-state index contributed by atoms with van der Waals surface area (Å²) in [6.07, 6.45) is 0.812. The molecule has 2 rings (SSSR count). The van der Waals surface area contributed by atoms with Gasteiger partial charge in [-0.1, -0.05) is 12.1 Å². The number of nitrogens with one attached hydrogen (secondary N) is 1. The van der Waals surface area contributed by atoms with E-state index in [4.69, 9.17) is 0 Å². The van der Waals surface area contributed by atoms with E-state index in [0.717, 1.165) is 12.1 Å². The van der Waals surface area contributed by atoms with Crippen molar-refractivity contribution >= 4 is 28.6 Å². The molecule has 1 aliphatic rings. The Kier molecular flexibility index (Phi) is 5.34. The van der Waals surface area contributed by atoms with E-state index in [1.807, 2.05) is 11.9 Å². The maximum Gasteiger partial charge on any atom is 0.323 e. The number of sulfonamides is 1. The normalized spacial score (nSPS) is 20.1. The highest BCUT2D eigenvalue weighted by molar-refractivity contribution is 7.89. The molecule has 0 bridgehead atoms. The van der Waals surface area contributed by atoms with Gasteiger partial charge in [0, 0.05) is 4.75 Å². The SMILES string of the molecule is CN1CCC(S)([C@@H](NS(=O)(=O)c2ccccc2F)C(=O)O)CC1. The number of benzene rings is 1. The van der Waals surface area contributed by atoms with Crippen LogP contribution >= 0.6 is 12.6 Å². The Balaban J connectivity index is 2.30. The molecule has 9 heteroatoms. The zero-order valence-corrected chi connectivity index (χ0v) is 14.3. The largest absolute Gasteiger partial charge is 0.480 e. The van der Waals surface area contributed by atoms with Crippen molar-refractivity contribution in [2.24, 2.45) is 0 Å². The molecule has 0 unspecified atom stereocenters. The number of aliphatic carboxylic acids is 1. The highest BCUT2D eigenvalue weighted by atomic mass is 32.2. The number of carbonyl (C=O) groups is 1.